The highest BCUT2D eigenvalue weighted by Gasteiger charge is 2.40. The predicted molar refractivity (Wildman–Crippen MR) is 130 cm³/mol. The Kier molecular flexibility index (Phi) is 8.96. The van der Waals surface area contributed by atoms with Gasteiger partial charge in [-0.25, -0.2) is 9.78 Å². The summed E-state index contributed by atoms with van der Waals surface area (Å²) >= 11 is 5.28. The lowest BCUT2D eigenvalue weighted by Gasteiger charge is -2.28. The Bertz CT molecular complexity index is 1090. The van der Waals surface area contributed by atoms with E-state index in [1.165, 1.54) is 6.20 Å². The van der Waals surface area contributed by atoms with Crippen LogP contribution in [0.15, 0.2) is 24.5 Å². The quantitative estimate of drug-likeness (QED) is 0.306. The van der Waals surface area contributed by atoms with Crippen LogP contribution in [0.2, 0.25) is 0 Å². The third-order valence-corrected chi connectivity index (χ3v) is 4.80. The lowest BCUT2D eigenvalue weighted by Crippen LogP contribution is -2.31. The molecule has 0 aromatic carbocycles. The highest BCUT2D eigenvalue weighted by Crippen LogP contribution is 2.43. The molecular formula is C22H27F3N6O3S. The summed E-state index contributed by atoms with van der Waals surface area (Å²) in [7, 11) is 1.10. The number of alkyl halides is 3. The van der Waals surface area contributed by atoms with Crippen molar-refractivity contribution in [2.75, 3.05) is 17.7 Å². The van der Waals surface area contributed by atoms with E-state index in [4.69, 9.17) is 22.4 Å². The molecule has 0 radical (unpaired) electrons. The highest BCUT2D eigenvalue weighted by molar-refractivity contribution is 7.80. The molecule has 1 unspecified atom stereocenters. The van der Waals surface area contributed by atoms with Crippen LogP contribution in [0.3, 0.4) is 0 Å². The van der Waals surface area contributed by atoms with Crippen LogP contribution < -0.4 is 20.7 Å². The van der Waals surface area contributed by atoms with Crippen molar-refractivity contribution in [3.63, 3.8) is 0 Å². The van der Waals surface area contributed by atoms with Gasteiger partial charge in [0, 0.05) is 24.7 Å². The minimum atomic E-state index is -4.70. The Morgan fingerprint density at radius 3 is 2.51 bits per heavy atom. The molecule has 0 bridgehead atoms. The number of ether oxygens (including phenoxy) is 2. The number of nitrogens with one attached hydrogen (secondary N) is 4. The molecule has 0 aliphatic carbocycles. The molecule has 2 heterocycles. The van der Waals surface area contributed by atoms with Crippen LogP contribution in [0.25, 0.3) is 0 Å². The number of hydrogen-bond donors (Lipinski definition) is 4. The summed E-state index contributed by atoms with van der Waals surface area (Å²) in [6.45, 7) is 6.63. The Hall–Kier alpha value is -3.48. The molecule has 2 aromatic rings. The standard InChI is InChI=1S/C22H27F3N6O3S/c1-12(9-26)34-14-6-7-27-13(8-14)10-29-19(35)31-18-17(30-20(32)33-5)16(21(2,3)4)15(11-28-18)22(23,24)25/h6-9,11-12,26H,10H2,1-5H3,(H,30,32)(H2,28,29,31,35). The fourth-order valence-electron chi connectivity index (χ4n) is 3.07. The zero-order valence-corrected chi connectivity index (χ0v) is 20.6. The fourth-order valence-corrected chi connectivity index (χ4v) is 3.24. The molecule has 9 nitrogen and oxygen atoms in total. The van der Waals surface area contributed by atoms with E-state index in [1.807, 2.05) is 0 Å². The first-order chi connectivity index (χ1) is 16.3. The van der Waals surface area contributed by atoms with E-state index in [1.54, 1.807) is 39.8 Å². The maximum Gasteiger partial charge on any atom is 0.418 e. The normalized spacial score (nSPS) is 12.3. The Morgan fingerprint density at radius 1 is 1.26 bits per heavy atom. The third kappa shape index (κ3) is 7.77. The molecule has 0 saturated carbocycles. The van der Waals surface area contributed by atoms with E-state index in [0.717, 1.165) is 13.3 Å². The van der Waals surface area contributed by atoms with E-state index in [0.29, 0.717) is 17.6 Å². The van der Waals surface area contributed by atoms with Gasteiger partial charge in [-0.2, -0.15) is 13.2 Å². The van der Waals surface area contributed by atoms with Crippen LogP contribution in [0, 0.1) is 5.41 Å². The van der Waals surface area contributed by atoms with Crippen LogP contribution >= 0.6 is 12.2 Å². The minimum absolute atomic E-state index is 0.0333. The summed E-state index contributed by atoms with van der Waals surface area (Å²) in [6, 6.07) is 3.30. The third-order valence-electron chi connectivity index (χ3n) is 4.55. The van der Waals surface area contributed by atoms with Gasteiger partial charge in [-0.3, -0.25) is 10.3 Å². The van der Waals surface area contributed by atoms with Crippen molar-refractivity contribution < 1.29 is 27.4 Å². The monoisotopic (exact) mass is 512 g/mol. The predicted octanol–water partition coefficient (Wildman–Crippen LogP) is 4.87. The Morgan fingerprint density at radius 2 is 1.94 bits per heavy atom. The molecule has 0 aliphatic rings. The van der Waals surface area contributed by atoms with Gasteiger partial charge < -0.3 is 25.5 Å². The van der Waals surface area contributed by atoms with Crippen molar-refractivity contribution in [3.05, 3.63) is 41.3 Å². The molecule has 0 spiro atoms. The number of carbonyl (C=O) groups is 1. The second-order valence-corrected chi connectivity index (χ2v) is 8.82. The number of amides is 1. The zero-order chi connectivity index (χ0) is 26.4. The van der Waals surface area contributed by atoms with E-state index in [2.05, 4.69) is 30.7 Å². The second kappa shape index (κ2) is 11.3. The van der Waals surface area contributed by atoms with E-state index >= 15 is 0 Å². The zero-order valence-electron chi connectivity index (χ0n) is 19.8. The lowest BCUT2D eigenvalue weighted by atomic mass is 9.83. The van der Waals surface area contributed by atoms with Crippen LogP contribution in [-0.4, -0.2) is 40.6 Å². The fraction of sp³-hybridized carbons (Fsp3) is 0.409. The summed E-state index contributed by atoms with van der Waals surface area (Å²) in [5.74, 6) is 0.422. The van der Waals surface area contributed by atoms with Crippen molar-refractivity contribution in [2.24, 2.45) is 0 Å². The molecule has 0 fully saturated rings. The second-order valence-electron chi connectivity index (χ2n) is 8.42. The summed E-state index contributed by atoms with van der Waals surface area (Å²) in [6.07, 6.45) is -2.69. The van der Waals surface area contributed by atoms with Crippen molar-refractivity contribution in [1.29, 1.82) is 5.41 Å². The topological polar surface area (TPSA) is 121 Å². The average Bonchev–Trinajstić information content (AvgIpc) is 2.77. The van der Waals surface area contributed by atoms with E-state index in [9.17, 15) is 18.0 Å². The van der Waals surface area contributed by atoms with E-state index in [-0.39, 0.29) is 28.7 Å². The molecule has 2 aromatic heterocycles. The van der Waals surface area contributed by atoms with Crippen molar-refractivity contribution >= 4 is 41.1 Å². The van der Waals surface area contributed by atoms with Crippen molar-refractivity contribution in [3.8, 4) is 5.75 Å². The maximum atomic E-state index is 13.7. The van der Waals surface area contributed by atoms with Crippen molar-refractivity contribution in [1.82, 2.24) is 15.3 Å². The minimum Gasteiger partial charge on any atom is -0.485 e. The number of halogens is 3. The Balaban J connectivity index is 2.32. The molecule has 4 N–H and O–H groups in total. The van der Waals surface area contributed by atoms with Gasteiger partial charge in [0.05, 0.1) is 30.6 Å². The first-order valence-electron chi connectivity index (χ1n) is 10.4. The first kappa shape index (κ1) is 27.8. The molecule has 1 amide bonds. The van der Waals surface area contributed by atoms with Gasteiger partial charge in [0.15, 0.2) is 10.9 Å². The smallest absolute Gasteiger partial charge is 0.418 e. The molecule has 35 heavy (non-hydrogen) atoms. The highest BCUT2D eigenvalue weighted by atomic mass is 32.1. The van der Waals surface area contributed by atoms with Crippen LogP contribution in [0.5, 0.6) is 5.75 Å². The van der Waals surface area contributed by atoms with Crippen LogP contribution in [-0.2, 0) is 22.9 Å². The average molecular weight is 513 g/mol. The first-order valence-corrected chi connectivity index (χ1v) is 10.8. The molecule has 1 atom stereocenters. The summed E-state index contributed by atoms with van der Waals surface area (Å²) in [4.78, 5) is 20.0. The number of pyridine rings is 2. The number of rotatable bonds is 7. The van der Waals surface area contributed by atoms with Gasteiger partial charge in [0.1, 0.15) is 11.9 Å². The SMILES string of the molecule is COC(=O)Nc1c(NC(=S)NCc2cc(OC(C)C=N)ccn2)ncc(C(F)(F)F)c1C(C)(C)C. The summed E-state index contributed by atoms with van der Waals surface area (Å²) in [5.41, 5.74) is -1.82. The Labute approximate surface area is 206 Å². The largest absolute Gasteiger partial charge is 0.485 e. The summed E-state index contributed by atoms with van der Waals surface area (Å²) < 4.78 is 51.4. The van der Waals surface area contributed by atoms with Crippen LogP contribution in [0.4, 0.5) is 29.5 Å². The summed E-state index contributed by atoms with van der Waals surface area (Å²) in [5, 5.41) is 15.2. The van der Waals surface area contributed by atoms with Crippen LogP contribution in [0.1, 0.15) is 44.5 Å². The number of methoxy groups -OCH3 is 1. The maximum absolute atomic E-state index is 13.7. The van der Waals surface area contributed by atoms with Gasteiger partial charge >= 0.3 is 12.3 Å². The number of anilines is 2. The van der Waals surface area contributed by atoms with Gasteiger partial charge in [0.25, 0.3) is 0 Å². The lowest BCUT2D eigenvalue weighted by molar-refractivity contribution is -0.138. The molecule has 190 valence electrons. The van der Waals surface area contributed by atoms with Gasteiger partial charge in [-0.15, -0.1) is 0 Å². The number of carbonyl (C=O) groups excluding carboxylic acids is 1. The molecule has 0 aliphatic heterocycles. The number of hydrogen-bond acceptors (Lipinski definition) is 7. The number of thiocarbonyl (C=S) groups is 1. The van der Waals surface area contributed by atoms with E-state index < -0.39 is 29.4 Å². The number of nitrogens with zero attached hydrogens (tertiary/aromatic N) is 2. The molecule has 2 rings (SSSR count). The van der Waals surface area contributed by atoms with Crippen molar-refractivity contribution in [2.45, 2.75) is 51.9 Å². The molecular weight excluding hydrogens is 485 g/mol. The van der Waals surface area contributed by atoms with Gasteiger partial charge in [0.2, 0.25) is 0 Å². The molecule has 13 heteroatoms. The molecule has 0 saturated heterocycles. The number of aromatic nitrogens is 2. The van der Waals surface area contributed by atoms with Gasteiger partial charge in [-0.1, -0.05) is 20.8 Å². The van der Waals surface area contributed by atoms with Gasteiger partial charge in [-0.05, 0) is 36.2 Å².